The highest BCUT2D eigenvalue weighted by atomic mass is 32.2. The summed E-state index contributed by atoms with van der Waals surface area (Å²) in [6, 6.07) is 3.37. The van der Waals surface area contributed by atoms with Gasteiger partial charge in [0.15, 0.2) is 6.10 Å². The van der Waals surface area contributed by atoms with Gasteiger partial charge in [0, 0.05) is 23.7 Å². The Bertz CT molecular complexity index is 1220. The Balaban J connectivity index is 1.63. The molecule has 4 rings (SSSR count). The van der Waals surface area contributed by atoms with Crippen molar-refractivity contribution in [3.05, 3.63) is 59.2 Å². The monoisotopic (exact) mass is 489 g/mol. The fraction of sp³-hybridized carbons (Fsp3) is 0.381. The molecule has 2 aromatic carbocycles. The Morgan fingerprint density at radius 1 is 1.15 bits per heavy atom. The maximum atomic E-state index is 15.0. The van der Waals surface area contributed by atoms with E-state index < -0.39 is 56.7 Å². The number of rotatable bonds is 4. The number of oxime groups is 1. The second-order valence-corrected chi connectivity index (χ2v) is 10.1. The van der Waals surface area contributed by atoms with Crippen LogP contribution in [0.25, 0.3) is 11.1 Å². The smallest absolute Gasteiger partial charge is 0.209 e. The Hall–Kier alpha value is -2.73. The van der Waals surface area contributed by atoms with E-state index in [-0.39, 0.29) is 36.5 Å². The van der Waals surface area contributed by atoms with Gasteiger partial charge >= 0.3 is 0 Å². The summed E-state index contributed by atoms with van der Waals surface area (Å²) in [5.41, 5.74) is -3.20. The molecule has 0 unspecified atom stereocenters. The number of alkyl halides is 1. The number of nitrogens with one attached hydrogen (secondary N) is 1. The normalized spacial score (nSPS) is 25.3. The van der Waals surface area contributed by atoms with Crippen molar-refractivity contribution in [2.24, 2.45) is 5.16 Å². The molecule has 0 spiro atoms. The van der Waals surface area contributed by atoms with E-state index in [2.05, 4.69) is 9.88 Å². The second-order valence-electron chi connectivity index (χ2n) is 8.35. The van der Waals surface area contributed by atoms with Crippen LogP contribution >= 0.6 is 0 Å². The largest absolute Gasteiger partial charge is 0.386 e. The van der Waals surface area contributed by atoms with E-state index in [0.29, 0.717) is 6.07 Å². The molecule has 3 atom stereocenters. The van der Waals surface area contributed by atoms with E-state index in [1.807, 2.05) is 0 Å². The van der Waals surface area contributed by atoms with Crippen molar-refractivity contribution in [1.82, 2.24) is 9.62 Å². The maximum absolute atomic E-state index is 15.0. The van der Waals surface area contributed by atoms with Crippen molar-refractivity contribution in [3.63, 3.8) is 0 Å². The predicted molar refractivity (Wildman–Crippen MR) is 110 cm³/mol. The lowest BCUT2D eigenvalue weighted by atomic mass is 9.93. The highest BCUT2D eigenvalue weighted by molar-refractivity contribution is 7.88. The van der Waals surface area contributed by atoms with Gasteiger partial charge in [-0.25, -0.2) is 35.1 Å². The first kappa shape index (κ1) is 23.4. The molecular formula is C21H20F5N3O3S. The minimum Gasteiger partial charge on any atom is -0.386 e. The quantitative estimate of drug-likeness (QED) is 0.666. The Morgan fingerprint density at radius 2 is 1.82 bits per heavy atom. The fourth-order valence-corrected chi connectivity index (χ4v) is 4.99. The first-order valence-electron chi connectivity index (χ1n) is 9.93. The zero-order valence-corrected chi connectivity index (χ0v) is 18.4. The SMILES string of the molecule is C[C@]1(F)CN(C2=NO[C@@H](c3c(F)cc(F)cc3-c3c(F)cccc3F)C2)C[C@H]1NS(C)(=O)=O. The molecule has 1 N–H and O–H groups in total. The maximum Gasteiger partial charge on any atom is 0.209 e. The van der Waals surface area contributed by atoms with E-state index in [0.717, 1.165) is 30.5 Å². The number of nitrogens with zero attached hydrogens (tertiary/aromatic N) is 2. The topological polar surface area (TPSA) is 71.0 Å². The van der Waals surface area contributed by atoms with Crippen molar-refractivity contribution in [2.75, 3.05) is 19.3 Å². The van der Waals surface area contributed by atoms with E-state index in [1.165, 1.54) is 11.8 Å². The third-order valence-corrected chi connectivity index (χ3v) is 6.37. The molecule has 0 bridgehead atoms. The molecule has 0 radical (unpaired) electrons. The zero-order chi connectivity index (χ0) is 24.1. The van der Waals surface area contributed by atoms with Crippen molar-refractivity contribution in [1.29, 1.82) is 0 Å². The molecule has 6 nitrogen and oxygen atoms in total. The van der Waals surface area contributed by atoms with Crippen LogP contribution in [-0.2, 0) is 14.9 Å². The van der Waals surface area contributed by atoms with Gasteiger partial charge in [-0.15, -0.1) is 0 Å². The summed E-state index contributed by atoms with van der Waals surface area (Å²) in [6.07, 6.45) is -0.353. The molecule has 1 fully saturated rings. The Labute approximate surface area is 187 Å². The van der Waals surface area contributed by atoms with Crippen LogP contribution in [0.2, 0.25) is 0 Å². The number of amidine groups is 1. The molecule has 0 aromatic heterocycles. The number of halogens is 5. The molecule has 2 heterocycles. The molecule has 2 aliphatic rings. The van der Waals surface area contributed by atoms with Crippen LogP contribution in [0.3, 0.4) is 0 Å². The molecule has 1 saturated heterocycles. The van der Waals surface area contributed by atoms with Crippen LogP contribution < -0.4 is 4.72 Å². The molecule has 33 heavy (non-hydrogen) atoms. The molecule has 2 aliphatic heterocycles. The molecule has 2 aromatic rings. The van der Waals surface area contributed by atoms with E-state index >= 15 is 0 Å². The minimum atomic E-state index is -3.68. The van der Waals surface area contributed by atoms with Crippen molar-refractivity contribution < 1.29 is 35.2 Å². The summed E-state index contributed by atoms with van der Waals surface area (Å²) >= 11 is 0. The molecular weight excluding hydrogens is 469 g/mol. The van der Waals surface area contributed by atoms with Gasteiger partial charge in [0.25, 0.3) is 0 Å². The summed E-state index contributed by atoms with van der Waals surface area (Å²) in [4.78, 5) is 6.76. The van der Waals surface area contributed by atoms with E-state index in [1.54, 1.807) is 0 Å². The second kappa shape index (κ2) is 8.24. The van der Waals surface area contributed by atoms with Crippen LogP contribution in [0, 0.1) is 23.3 Å². The molecule has 0 amide bonds. The summed E-state index contributed by atoms with van der Waals surface area (Å²) < 4.78 is 97.9. The van der Waals surface area contributed by atoms with Gasteiger partial charge in [0.05, 0.1) is 30.8 Å². The third-order valence-electron chi connectivity index (χ3n) is 5.65. The lowest BCUT2D eigenvalue weighted by molar-refractivity contribution is 0.0831. The number of likely N-dealkylation sites (tertiary alicyclic amines) is 1. The summed E-state index contributed by atoms with van der Waals surface area (Å²) in [7, 11) is -3.68. The molecule has 12 heteroatoms. The zero-order valence-electron chi connectivity index (χ0n) is 17.6. The van der Waals surface area contributed by atoms with Crippen LogP contribution in [0.15, 0.2) is 35.5 Å². The number of sulfonamides is 1. The predicted octanol–water partition coefficient (Wildman–Crippen LogP) is 3.65. The average molecular weight is 489 g/mol. The lowest BCUT2D eigenvalue weighted by Gasteiger charge is -2.20. The molecule has 178 valence electrons. The van der Waals surface area contributed by atoms with Crippen molar-refractivity contribution >= 4 is 15.9 Å². The summed E-state index contributed by atoms with van der Waals surface area (Å²) in [5.74, 6) is -3.94. The average Bonchev–Trinajstić information content (AvgIpc) is 3.25. The van der Waals surface area contributed by atoms with Crippen LogP contribution in [-0.4, -0.2) is 50.2 Å². The van der Waals surface area contributed by atoms with E-state index in [9.17, 15) is 30.4 Å². The van der Waals surface area contributed by atoms with Crippen LogP contribution in [0.1, 0.15) is 25.0 Å². The highest BCUT2D eigenvalue weighted by Gasteiger charge is 2.47. The van der Waals surface area contributed by atoms with Gasteiger partial charge in [0.1, 0.15) is 34.8 Å². The lowest BCUT2D eigenvalue weighted by Crippen LogP contribution is -2.47. The molecule has 0 saturated carbocycles. The third kappa shape index (κ3) is 4.67. The number of benzene rings is 2. The van der Waals surface area contributed by atoms with E-state index in [4.69, 9.17) is 4.84 Å². The Morgan fingerprint density at radius 3 is 2.45 bits per heavy atom. The van der Waals surface area contributed by atoms with Crippen molar-refractivity contribution in [2.45, 2.75) is 31.2 Å². The highest BCUT2D eigenvalue weighted by Crippen LogP contribution is 2.40. The van der Waals surface area contributed by atoms with Gasteiger partial charge in [-0.2, -0.15) is 0 Å². The molecule has 0 aliphatic carbocycles. The first-order chi connectivity index (χ1) is 15.4. The van der Waals surface area contributed by atoms with Crippen molar-refractivity contribution in [3.8, 4) is 11.1 Å². The number of hydrogen-bond acceptors (Lipinski definition) is 5. The first-order valence-corrected chi connectivity index (χ1v) is 11.8. The summed E-state index contributed by atoms with van der Waals surface area (Å²) in [5, 5.41) is 3.87. The van der Waals surface area contributed by atoms with Gasteiger partial charge < -0.3 is 9.74 Å². The standard InChI is InChI=1S/C21H20F5N3O3S/c1-21(26)10-29(9-17(21)28-33(2,30)31)18-8-16(32-27-18)20-12(6-11(22)7-15(20)25)19-13(23)4-3-5-14(19)24/h3-7,16-17,28H,8-10H2,1-2H3/t16-,17-,21+/m1/s1. The number of hydrogen-bond donors (Lipinski definition) is 1. The minimum absolute atomic E-state index is 0.0598. The Kier molecular flexibility index (Phi) is 5.85. The van der Waals surface area contributed by atoms with Crippen LogP contribution in [0.5, 0.6) is 0 Å². The van der Waals surface area contributed by atoms with Gasteiger partial charge in [-0.05, 0) is 25.1 Å². The van der Waals surface area contributed by atoms with Crippen LogP contribution in [0.4, 0.5) is 22.0 Å². The fourth-order valence-electron chi connectivity index (χ4n) is 4.15. The summed E-state index contributed by atoms with van der Waals surface area (Å²) in [6.45, 7) is 0.966. The van der Waals surface area contributed by atoms with Gasteiger partial charge in [-0.1, -0.05) is 11.2 Å². The van der Waals surface area contributed by atoms with Gasteiger partial charge in [0.2, 0.25) is 10.0 Å². The van der Waals surface area contributed by atoms with Gasteiger partial charge in [-0.3, -0.25) is 0 Å².